The van der Waals surface area contributed by atoms with Gasteiger partial charge in [0.25, 0.3) is 0 Å². The van der Waals surface area contributed by atoms with Crippen molar-refractivity contribution in [3.63, 3.8) is 0 Å². The van der Waals surface area contributed by atoms with Crippen LogP contribution in [-0.4, -0.2) is 52.7 Å². The molecule has 1 fully saturated rings. The van der Waals surface area contributed by atoms with E-state index in [4.69, 9.17) is 24.1 Å². The first-order valence-electron chi connectivity index (χ1n) is 12.6. The molecular weight excluding hydrogens is 657 g/mol. The number of hydrogen-bond acceptors (Lipinski definition) is 5. The van der Waals surface area contributed by atoms with Crippen molar-refractivity contribution in [2.45, 2.75) is 27.3 Å². The normalized spacial score (nSPS) is 13.4. The summed E-state index contributed by atoms with van der Waals surface area (Å²) in [5.74, 6) is -0.444. The molecule has 1 aliphatic heterocycles. The Morgan fingerprint density at radius 2 is 1.77 bits per heavy atom. The summed E-state index contributed by atoms with van der Waals surface area (Å²) in [5.41, 5.74) is 7.92. The van der Waals surface area contributed by atoms with E-state index in [0.29, 0.717) is 12.1 Å². The summed E-state index contributed by atoms with van der Waals surface area (Å²) < 4.78 is 22.4. The van der Waals surface area contributed by atoms with Crippen LogP contribution in [-0.2, 0) is 24.8 Å². The van der Waals surface area contributed by atoms with Gasteiger partial charge in [0.2, 0.25) is 0 Å². The van der Waals surface area contributed by atoms with Crippen LogP contribution in [0.5, 0.6) is 0 Å². The number of aryl methyl sites for hydroxylation is 3. The maximum atomic E-state index is 13.6. The predicted octanol–water partition coefficient (Wildman–Crippen LogP) is 7.19. The van der Waals surface area contributed by atoms with Gasteiger partial charge in [-0.05, 0) is 44.7 Å². The molecule has 1 saturated heterocycles. The monoisotopic (exact) mass is 693 g/mol. The van der Waals surface area contributed by atoms with E-state index < -0.39 is 13.5 Å². The Bertz CT molecular complexity index is 1300. The third-order valence-corrected chi connectivity index (χ3v) is 8.90. The van der Waals surface area contributed by atoms with Gasteiger partial charge in [0.05, 0.1) is 0 Å². The molecule has 1 N–H and O–H groups in total. The van der Waals surface area contributed by atoms with Gasteiger partial charge >= 0.3 is 154 Å². The molecule has 0 aromatic heterocycles. The van der Waals surface area contributed by atoms with E-state index in [-0.39, 0.29) is 18.3 Å². The number of anilines is 2. The van der Waals surface area contributed by atoms with Crippen molar-refractivity contribution >= 4 is 53.3 Å². The maximum Gasteiger partial charge on any atom is 0.0142 e. The summed E-state index contributed by atoms with van der Waals surface area (Å²) in [4.78, 5) is 14.1. The summed E-state index contributed by atoms with van der Waals surface area (Å²) in [6.45, 7) is 11.6. The number of para-hydroxylation sites is 1. The molecule has 0 aliphatic carbocycles. The van der Waals surface area contributed by atoms with Crippen molar-refractivity contribution in [3.05, 3.63) is 101 Å². The maximum absolute atomic E-state index is 13.6. The second-order valence-corrected chi connectivity index (χ2v) is 15.9. The Morgan fingerprint density at radius 1 is 1.10 bits per heavy atom. The Morgan fingerprint density at radius 3 is 2.35 bits per heavy atom. The van der Waals surface area contributed by atoms with Crippen molar-refractivity contribution < 1.29 is 27.4 Å². The molecule has 0 amide bonds. The molecule has 1 aliphatic rings. The molecule has 3 aromatic carbocycles. The first-order chi connectivity index (χ1) is 19.1. The van der Waals surface area contributed by atoms with E-state index in [1.807, 2.05) is 35.2 Å². The van der Waals surface area contributed by atoms with Crippen molar-refractivity contribution in [1.82, 2.24) is 4.31 Å². The molecule has 5 nitrogen and oxygen atoms in total. The van der Waals surface area contributed by atoms with E-state index in [2.05, 4.69) is 55.0 Å². The second kappa shape index (κ2) is 15.9. The number of hydrogen-bond donors (Lipinski definition) is 0. The minimum Gasteiger partial charge on any atom is -0.506 e. The summed E-state index contributed by atoms with van der Waals surface area (Å²) in [6.07, 6.45) is 2.12. The Balaban J connectivity index is 0.000000238. The Labute approximate surface area is 254 Å². The zero-order valence-electron chi connectivity index (χ0n) is 23.3. The van der Waals surface area contributed by atoms with Crippen LogP contribution in [0.4, 0.5) is 15.8 Å². The summed E-state index contributed by atoms with van der Waals surface area (Å²) in [7, 11) is 13.3. The van der Waals surface area contributed by atoms with E-state index >= 15 is 0 Å². The fourth-order valence-corrected chi connectivity index (χ4v) is 6.94. The topological polar surface area (TPSA) is 40.4 Å². The Kier molecular flexibility index (Phi) is 12.9. The number of methoxy groups -OCH3 is 1. The predicted molar refractivity (Wildman–Crippen MR) is 167 cm³/mol. The van der Waals surface area contributed by atoms with Gasteiger partial charge in [-0.3, -0.25) is 0 Å². The van der Waals surface area contributed by atoms with Crippen molar-refractivity contribution in [2.24, 2.45) is 0 Å². The van der Waals surface area contributed by atoms with Crippen LogP contribution in [0.15, 0.2) is 60.7 Å². The van der Waals surface area contributed by atoms with Crippen LogP contribution in [0.3, 0.4) is 0 Å². The number of ether oxygens (including phenoxy) is 1. The van der Waals surface area contributed by atoms with Gasteiger partial charge in [-0.25, -0.2) is 0 Å². The average molecular weight is 694 g/mol. The first kappa shape index (κ1) is 32.6. The van der Waals surface area contributed by atoms with Crippen LogP contribution in [0.2, 0.25) is 0 Å². The molecule has 0 saturated carbocycles. The molecule has 10 heteroatoms. The largest absolute Gasteiger partial charge is 0.506 e. The summed E-state index contributed by atoms with van der Waals surface area (Å²) >= 11 is -0.305. The summed E-state index contributed by atoms with van der Waals surface area (Å²) in [5, 5.41) is 0. The van der Waals surface area contributed by atoms with E-state index in [1.165, 1.54) is 41.6 Å². The van der Waals surface area contributed by atoms with Gasteiger partial charge < -0.3 is 9.21 Å². The molecule has 0 unspecified atom stereocenters. The fraction of sp³-hybridized carbons (Fsp3) is 0.300. The fourth-order valence-electron chi connectivity index (χ4n) is 4.61. The number of halogens is 3. The van der Waals surface area contributed by atoms with Crippen molar-refractivity contribution in [3.8, 4) is 0 Å². The molecule has 0 radical (unpaired) electrons. The molecule has 0 atom stereocenters. The quantitative estimate of drug-likeness (QED) is 0.0822. The van der Waals surface area contributed by atoms with Gasteiger partial charge in [0.1, 0.15) is 0 Å². The van der Waals surface area contributed by atoms with Crippen LogP contribution in [0.25, 0.3) is 0 Å². The molecule has 0 bridgehead atoms. The van der Waals surface area contributed by atoms with Crippen LogP contribution in [0.1, 0.15) is 27.8 Å². The SMILES string of the molecule is COC(=[OH+])CN(Cc1ccc(F)cc1[CH]=[Ru]([Cl])[Cl])c1ccccc1.CSN1[CH-]N(c2c(C)cc(C)cc2C)CC1. The third-order valence-electron chi connectivity index (χ3n) is 6.33. The van der Waals surface area contributed by atoms with Crippen molar-refractivity contribution in [1.29, 1.82) is 0 Å². The minimum absolute atomic E-state index is 0.103. The number of esters is 1. The van der Waals surface area contributed by atoms with Gasteiger partial charge in [-0.2, -0.15) is 6.67 Å². The van der Waals surface area contributed by atoms with Crippen LogP contribution in [0, 0.1) is 33.3 Å². The first-order valence-corrected chi connectivity index (χ1v) is 19.3. The molecule has 0 spiro atoms. The number of carbonyl (C=O) groups excluding carboxylic acids is 1. The molecule has 4 rings (SSSR count). The molecule has 3 aromatic rings. The summed E-state index contributed by atoms with van der Waals surface area (Å²) in [6, 6.07) is 18.6. The van der Waals surface area contributed by atoms with Gasteiger partial charge in [-0.1, -0.05) is 17.7 Å². The van der Waals surface area contributed by atoms with E-state index in [0.717, 1.165) is 24.3 Å². The van der Waals surface area contributed by atoms with Gasteiger partial charge in [0.15, 0.2) is 0 Å². The second-order valence-electron chi connectivity index (χ2n) is 9.32. The minimum atomic E-state index is -2.09. The number of benzene rings is 3. The smallest absolute Gasteiger partial charge is 0.0142 e. The number of rotatable bonds is 8. The molecular formula is C30H36Cl2FN3O2RuS. The third kappa shape index (κ3) is 9.56. The van der Waals surface area contributed by atoms with Gasteiger partial charge in [0, 0.05) is 12.2 Å². The van der Waals surface area contributed by atoms with Crippen LogP contribution >= 0.6 is 31.3 Å². The van der Waals surface area contributed by atoms with Gasteiger partial charge in [-0.15, -0.1) is 11.9 Å². The van der Waals surface area contributed by atoms with Crippen molar-refractivity contribution in [2.75, 3.05) is 42.8 Å². The average Bonchev–Trinajstić information content (AvgIpc) is 3.38. The molecule has 40 heavy (non-hydrogen) atoms. The number of nitrogens with zero attached hydrogens (tertiary/aromatic N) is 3. The zero-order valence-corrected chi connectivity index (χ0v) is 27.4. The zero-order chi connectivity index (χ0) is 29.2. The molecule has 218 valence electrons. The van der Waals surface area contributed by atoms with E-state index in [9.17, 15) is 9.18 Å². The Hall–Kier alpha value is -1.96. The van der Waals surface area contributed by atoms with E-state index in [1.54, 1.807) is 22.6 Å². The van der Waals surface area contributed by atoms with Crippen LogP contribution < -0.4 is 9.80 Å². The molecule has 1 heterocycles. The standard InChI is InChI=1S/C17H16FNO2.C13H19N2S.2ClH.Ru/c1-13-10-15(18)9-8-14(13)11-19(12-17(20)21-2)16-6-4-3-5-7-16;1-10-7-11(2)13(12(3)8-10)14-5-6-15(9-14)16-4;;;/h1,3-10H,11-12H2,2H3;7-9H,5-6H2,1-4H3;2*1H;/q;-1;;;+2/p-1.